The minimum Gasteiger partial charge on any atom is -0.469 e. The molecule has 0 fully saturated rings. The van der Waals surface area contributed by atoms with Crippen molar-refractivity contribution in [2.75, 3.05) is 0 Å². The van der Waals surface area contributed by atoms with Gasteiger partial charge in [-0.2, -0.15) is 11.3 Å². The summed E-state index contributed by atoms with van der Waals surface area (Å²) >= 11 is 2.97. The lowest BCUT2D eigenvalue weighted by atomic mass is 10.3. The van der Waals surface area contributed by atoms with E-state index in [4.69, 9.17) is 9.15 Å². The van der Waals surface area contributed by atoms with Crippen molar-refractivity contribution < 1.29 is 13.9 Å². The van der Waals surface area contributed by atoms with Crippen molar-refractivity contribution in [3.8, 4) is 10.6 Å². The van der Waals surface area contributed by atoms with Crippen LogP contribution in [0.1, 0.15) is 26.7 Å². The summed E-state index contributed by atoms with van der Waals surface area (Å²) in [5, 5.41) is 4.86. The molecule has 0 amide bonds. The second-order valence-corrected chi connectivity index (χ2v) is 6.30. The molecule has 3 heterocycles. The highest BCUT2D eigenvalue weighted by molar-refractivity contribution is 7.17. The van der Waals surface area contributed by atoms with Gasteiger partial charge in [0.05, 0.1) is 12.0 Å². The number of aromatic nitrogens is 1. The van der Waals surface area contributed by atoms with Crippen LogP contribution in [0.4, 0.5) is 0 Å². The van der Waals surface area contributed by atoms with Gasteiger partial charge in [0.25, 0.3) is 0 Å². The van der Waals surface area contributed by atoms with Crippen molar-refractivity contribution in [3.05, 3.63) is 51.1 Å². The lowest BCUT2D eigenvalue weighted by Crippen LogP contribution is -2.04. The molecule has 21 heavy (non-hydrogen) atoms. The van der Waals surface area contributed by atoms with Gasteiger partial charge in [-0.05, 0) is 31.4 Å². The molecule has 4 nitrogen and oxygen atoms in total. The highest BCUT2D eigenvalue weighted by atomic mass is 32.1. The quantitative estimate of drug-likeness (QED) is 0.667. The Hall–Kier alpha value is -1.92. The predicted octanol–water partition coefficient (Wildman–Crippen LogP) is 4.44. The van der Waals surface area contributed by atoms with Gasteiger partial charge < -0.3 is 9.15 Å². The molecular formula is C15H13NO3S2. The number of nitrogens with zero attached hydrogens (tertiary/aromatic N) is 1. The molecule has 0 aliphatic rings. The van der Waals surface area contributed by atoms with Crippen molar-refractivity contribution in [1.82, 2.24) is 4.98 Å². The van der Waals surface area contributed by atoms with E-state index in [9.17, 15) is 4.79 Å². The first-order valence-electron chi connectivity index (χ1n) is 6.35. The van der Waals surface area contributed by atoms with E-state index in [1.54, 1.807) is 23.7 Å². The first-order valence-corrected chi connectivity index (χ1v) is 8.11. The predicted molar refractivity (Wildman–Crippen MR) is 82.7 cm³/mol. The Morgan fingerprint density at radius 1 is 1.38 bits per heavy atom. The number of thiophene rings is 1. The third kappa shape index (κ3) is 2.91. The van der Waals surface area contributed by atoms with E-state index in [1.165, 1.54) is 11.3 Å². The van der Waals surface area contributed by atoms with Crippen LogP contribution in [0, 0.1) is 13.8 Å². The van der Waals surface area contributed by atoms with Gasteiger partial charge >= 0.3 is 5.97 Å². The van der Waals surface area contributed by atoms with Gasteiger partial charge in [-0.1, -0.05) is 0 Å². The van der Waals surface area contributed by atoms with E-state index in [-0.39, 0.29) is 12.6 Å². The van der Waals surface area contributed by atoms with E-state index in [0.717, 1.165) is 21.9 Å². The number of hydrogen-bond donors (Lipinski definition) is 0. The van der Waals surface area contributed by atoms with Crippen LogP contribution in [0.3, 0.4) is 0 Å². The molecule has 0 N–H and O–H groups in total. The van der Waals surface area contributed by atoms with Crippen molar-refractivity contribution in [3.63, 3.8) is 0 Å². The fraction of sp³-hybridized carbons (Fsp3) is 0.200. The average molecular weight is 319 g/mol. The van der Waals surface area contributed by atoms with Crippen LogP contribution in [0.2, 0.25) is 0 Å². The summed E-state index contributed by atoms with van der Waals surface area (Å²) in [5.41, 5.74) is 2.62. The monoisotopic (exact) mass is 319 g/mol. The van der Waals surface area contributed by atoms with Gasteiger partial charge in [-0.15, -0.1) is 11.3 Å². The molecule has 0 aromatic carbocycles. The number of carbonyl (C=O) groups is 1. The zero-order chi connectivity index (χ0) is 14.8. The van der Waals surface area contributed by atoms with E-state index in [0.29, 0.717) is 10.6 Å². The maximum absolute atomic E-state index is 12.2. The highest BCUT2D eigenvalue weighted by Gasteiger charge is 2.18. The Morgan fingerprint density at radius 2 is 2.24 bits per heavy atom. The fourth-order valence-corrected chi connectivity index (χ4v) is 3.54. The molecule has 0 spiro atoms. The largest absolute Gasteiger partial charge is 0.469 e. The number of thiazole rings is 1. The van der Waals surface area contributed by atoms with Crippen LogP contribution < -0.4 is 0 Å². The summed E-state index contributed by atoms with van der Waals surface area (Å²) in [5.74, 6) is 0.426. The third-order valence-electron chi connectivity index (χ3n) is 3.08. The maximum atomic E-state index is 12.2. The standard InChI is InChI=1S/C15H13NO3S2/c1-9-13(21-14(16-9)12-4-6-20-8-12)15(17)19-7-11-3-5-18-10(11)2/h3-6,8H,7H2,1-2H3. The first-order chi connectivity index (χ1) is 10.1. The molecular weight excluding hydrogens is 306 g/mol. The zero-order valence-corrected chi connectivity index (χ0v) is 13.2. The Kier molecular flexibility index (Phi) is 3.90. The summed E-state index contributed by atoms with van der Waals surface area (Å²) in [6.07, 6.45) is 1.59. The molecule has 0 unspecified atom stereocenters. The number of rotatable bonds is 4. The van der Waals surface area contributed by atoms with Crippen LogP contribution in [0.5, 0.6) is 0 Å². The van der Waals surface area contributed by atoms with E-state index in [2.05, 4.69) is 4.98 Å². The number of carbonyl (C=O) groups excluding carboxylic acids is 1. The molecule has 0 bridgehead atoms. The van der Waals surface area contributed by atoms with Crippen molar-refractivity contribution in [2.24, 2.45) is 0 Å². The maximum Gasteiger partial charge on any atom is 0.350 e. The van der Waals surface area contributed by atoms with Crippen LogP contribution in [-0.2, 0) is 11.3 Å². The van der Waals surface area contributed by atoms with Gasteiger partial charge in [-0.25, -0.2) is 9.78 Å². The Labute approximate surface area is 130 Å². The Morgan fingerprint density at radius 3 is 2.90 bits per heavy atom. The minimum atomic E-state index is -0.341. The molecule has 3 aromatic rings. The molecule has 0 saturated carbocycles. The summed E-state index contributed by atoms with van der Waals surface area (Å²) in [6.45, 7) is 3.88. The van der Waals surface area contributed by atoms with Crippen molar-refractivity contribution in [1.29, 1.82) is 0 Å². The molecule has 0 saturated heterocycles. The molecule has 108 valence electrons. The second kappa shape index (κ2) is 5.83. The zero-order valence-electron chi connectivity index (χ0n) is 11.6. The summed E-state index contributed by atoms with van der Waals surface area (Å²) in [6, 6.07) is 3.80. The molecule has 0 aliphatic carbocycles. The van der Waals surface area contributed by atoms with E-state index in [1.807, 2.05) is 30.7 Å². The Balaban J connectivity index is 1.74. The van der Waals surface area contributed by atoms with Gasteiger partial charge in [0.15, 0.2) is 0 Å². The van der Waals surface area contributed by atoms with Gasteiger partial charge in [-0.3, -0.25) is 0 Å². The lowest BCUT2D eigenvalue weighted by molar-refractivity contribution is 0.0476. The normalized spacial score (nSPS) is 10.8. The number of ether oxygens (including phenoxy) is 1. The molecule has 3 rings (SSSR count). The number of hydrogen-bond acceptors (Lipinski definition) is 6. The molecule has 6 heteroatoms. The molecule has 0 radical (unpaired) electrons. The SMILES string of the molecule is Cc1nc(-c2ccsc2)sc1C(=O)OCc1ccoc1C. The minimum absolute atomic E-state index is 0.215. The van der Waals surface area contributed by atoms with Crippen LogP contribution in [0.15, 0.2) is 33.6 Å². The Bertz CT molecular complexity index is 756. The van der Waals surface area contributed by atoms with Gasteiger partial charge in [0.2, 0.25) is 0 Å². The van der Waals surface area contributed by atoms with Crippen molar-refractivity contribution in [2.45, 2.75) is 20.5 Å². The van der Waals surface area contributed by atoms with Crippen LogP contribution >= 0.6 is 22.7 Å². The second-order valence-electron chi connectivity index (χ2n) is 4.52. The summed E-state index contributed by atoms with van der Waals surface area (Å²) < 4.78 is 10.5. The third-order valence-corrected chi connectivity index (χ3v) is 4.94. The van der Waals surface area contributed by atoms with Crippen molar-refractivity contribution >= 4 is 28.6 Å². The highest BCUT2D eigenvalue weighted by Crippen LogP contribution is 2.30. The fourth-order valence-electron chi connectivity index (χ4n) is 1.87. The smallest absolute Gasteiger partial charge is 0.350 e. The topological polar surface area (TPSA) is 52.3 Å². The summed E-state index contributed by atoms with van der Waals surface area (Å²) in [7, 11) is 0. The van der Waals surface area contributed by atoms with E-state index >= 15 is 0 Å². The van der Waals surface area contributed by atoms with Gasteiger partial charge in [0.1, 0.15) is 22.3 Å². The number of esters is 1. The van der Waals surface area contributed by atoms with E-state index < -0.39 is 0 Å². The van der Waals surface area contributed by atoms with Gasteiger partial charge in [0, 0.05) is 16.5 Å². The number of furan rings is 1. The number of aryl methyl sites for hydroxylation is 2. The first kappa shape index (κ1) is 14.0. The van der Waals surface area contributed by atoms with Crippen LogP contribution in [-0.4, -0.2) is 11.0 Å². The molecule has 0 aliphatic heterocycles. The lowest BCUT2D eigenvalue weighted by Gasteiger charge is -2.02. The summed E-state index contributed by atoms with van der Waals surface area (Å²) in [4.78, 5) is 17.2. The molecule has 0 atom stereocenters. The molecule has 3 aromatic heterocycles. The van der Waals surface area contributed by atoms with Crippen LogP contribution in [0.25, 0.3) is 10.6 Å². The average Bonchev–Trinajstić information content (AvgIpc) is 3.16.